The Kier molecular flexibility index (Phi) is 14.4. The van der Waals surface area contributed by atoms with Crippen LogP contribution in [0.15, 0.2) is 72.8 Å². The summed E-state index contributed by atoms with van der Waals surface area (Å²) in [6.07, 6.45) is -0.246. The average Bonchev–Trinajstić information content (AvgIpc) is 2.95. The van der Waals surface area contributed by atoms with E-state index in [4.69, 9.17) is 11.5 Å². The third kappa shape index (κ3) is 11.0. The topological polar surface area (TPSA) is 127 Å². The van der Waals surface area contributed by atoms with Crippen molar-refractivity contribution in [3.05, 3.63) is 95.1 Å². The lowest BCUT2D eigenvalue weighted by Crippen LogP contribution is -2.25. The Morgan fingerprint density at radius 3 is 1.33 bits per heavy atom. The van der Waals surface area contributed by atoms with Crippen molar-refractivity contribution in [1.82, 2.24) is 9.80 Å². The molecule has 0 spiro atoms. The molecular formula is C32H32Cl2N4O4. The Bertz CT molecular complexity index is 1420. The molecule has 0 heterocycles. The number of anilines is 2. The monoisotopic (exact) mass is 606 g/mol. The molecule has 3 aromatic carbocycles. The fraction of sp³-hybridized carbons (Fsp3) is 0.188. The van der Waals surface area contributed by atoms with Gasteiger partial charge in [0, 0.05) is 49.7 Å². The number of hydrogen-bond acceptors (Lipinski definition) is 6. The Morgan fingerprint density at radius 1 is 0.619 bits per heavy atom. The van der Waals surface area contributed by atoms with Gasteiger partial charge in [-0.05, 0) is 53.3 Å². The number of nitrogens with zero attached hydrogens (tertiary/aromatic N) is 2. The van der Waals surface area contributed by atoms with Gasteiger partial charge >= 0.3 is 0 Å². The number of ketones is 2. The number of carbonyl (C=O) groups excluding carboxylic acids is 4. The Labute approximate surface area is 258 Å². The average molecular weight is 608 g/mol. The first-order valence-electron chi connectivity index (χ1n) is 12.5. The van der Waals surface area contributed by atoms with Crippen LogP contribution in [-0.2, 0) is 22.7 Å². The number of Topliss-reactive ketones (excluding diaryl/α,β-unsaturated/α-hetero) is 2. The van der Waals surface area contributed by atoms with Crippen LogP contribution in [0.2, 0.25) is 0 Å². The molecule has 4 N–H and O–H groups in total. The van der Waals surface area contributed by atoms with Crippen molar-refractivity contribution in [3.8, 4) is 23.7 Å². The molecule has 0 aliphatic carbocycles. The molecule has 0 unspecified atom stereocenters. The third-order valence-electron chi connectivity index (χ3n) is 5.92. The highest BCUT2D eigenvalue weighted by Crippen LogP contribution is 2.10. The highest BCUT2D eigenvalue weighted by Gasteiger charge is 2.11. The van der Waals surface area contributed by atoms with Crippen LogP contribution in [0.3, 0.4) is 0 Å². The van der Waals surface area contributed by atoms with Crippen molar-refractivity contribution in [1.29, 1.82) is 0 Å². The first-order chi connectivity index (χ1) is 19.1. The van der Waals surface area contributed by atoms with E-state index >= 15 is 0 Å². The normalized spacial score (nSPS) is 9.38. The molecule has 0 saturated carbocycles. The number of nitrogens with two attached hydrogens (primary N) is 2. The van der Waals surface area contributed by atoms with Gasteiger partial charge in [0.05, 0.1) is 12.8 Å². The van der Waals surface area contributed by atoms with Crippen LogP contribution in [0.25, 0.3) is 0 Å². The van der Waals surface area contributed by atoms with E-state index in [1.807, 2.05) is 24.3 Å². The van der Waals surface area contributed by atoms with Gasteiger partial charge in [-0.2, -0.15) is 0 Å². The van der Waals surface area contributed by atoms with Crippen LogP contribution in [0.4, 0.5) is 11.4 Å². The van der Waals surface area contributed by atoms with Crippen molar-refractivity contribution in [2.75, 3.05) is 25.6 Å². The number of halogens is 2. The summed E-state index contributed by atoms with van der Waals surface area (Å²) < 4.78 is 0. The minimum Gasteiger partial charge on any atom is -0.399 e. The Morgan fingerprint density at radius 2 is 0.976 bits per heavy atom. The van der Waals surface area contributed by atoms with Gasteiger partial charge in [-0.15, -0.1) is 24.8 Å². The molecule has 0 aromatic heterocycles. The van der Waals surface area contributed by atoms with Gasteiger partial charge in [0.2, 0.25) is 23.4 Å². The van der Waals surface area contributed by atoms with E-state index < -0.39 is 11.6 Å². The molecule has 3 rings (SSSR count). The van der Waals surface area contributed by atoms with E-state index in [2.05, 4.69) is 23.7 Å². The van der Waals surface area contributed by atoms with E-state index in [0.29, 0.717) is 24.5 Å². The lowest BCUT2D eigenvalue weighted by Gasteiger charge is -2.15. The predicted octanol–water partition coefficient (Wildman–Crippen LogP) is 4.16. The van der Waals surface area contributed by atoms with Crippen molar-refractivity contribution in [2.24, 2.45) is 0 Å². The molecule has 2 amide bonds. The smallest absolute Gasteiger partial charge is 0.235 e. The summed E-state index contributed by atoms with van der Waals surface area (Å²) in [5.74, 6) is 8.65. The maximum absolute atomic E-state index is 12.5. The van der Waals surface area contributed by atoms with Crippen LogP contribution in [0.5, 0.6) is 0 Å². The van der Waals surface area contributed by atoms with Crippen LogP contribution >= 0.6 is 24.8 Å². The number of nitrogen functional groups attached to an aromatic ring is 2. The van der Waals surface area contributed by atoms with Crippen LogP contribution in [0.1, 0.15) is 44.7 Å². The molecule has 218 valence electrons. The number of carbonyl (C=O) groups is 4. The van der Waals surface area contributed by atoms with Gasteiger partial charge in [-0.25, -0.2) is 0 Å². The van der Waals surface area contributed by atoms with Gasteiger partial charge < -0.3 is 21.3 Å². The summed E-state index contributed by atoms with van der Waals surface area (Å²) >= 11 is 0. The van der Waals surface area contributed by atoms with E-state index in [-0.39, 0.29) is 60.6 Å². The fourth-order valence-corrected chi connectivity index (χ4v) is 3.59. The van der Waals surface area contributed by atoms with E-state index in [1.165, 1.54) is 28.0 Å². The number of hydrogen-bond donors (Lipinski definition) is 2. The molecule has 0 bridgehead atoms. The molecule has 0 aliphatic rings. The fourth-order valence-electron chi connectivity index (χ4n) is 3.59. The van der Waals surface area contributed by atoms with Gasteiger partial charge in [-0.1, -0.05) is 54.3 Å². The molecule has 0 fully saturated rings. The zero-order valence-electron chi connectivity index (χ0n) is 23.3. The van der Waals surface area contributed by atoms with Crippen molar-refractivity contribution >= 4 is 59.6 Å². The summed E-state index contributed by atoms with van der Waals surface area (Å²) in [6.45, 7) is 0.787. The lowest BCUT2D eigenvalue weighted by molar-refractivity contribution is -0.130. The maximum Gasteiger partial charge on any atom is 0.235 e. The summed E-state index contributed by atoms with van der Waals surface area (Å²) in [4.78, 5) is 52.8. The maximum atomic E-state index is 12.5. The summed E-state index contributed by atoms with van der Waals surface area (Å²) in [5.41, 5.74) is 14.9. The Hall–Kier alpha value is -4.76. The standard InChI is InChI=1S/C32H30N4O4.2ClH/c1-35(21-23-12-16-27(33)17-13-23)31(39)10-4-8-29(37)25-6-3-7-26(20-25)30(38)9-5-11-32(40)36(2)22-24-14-18-28(34)19-15-24;;/h3,6-7,12-20H,10-11,21-22,33-34H2,1-2H3;2*1H. The van der Waals surface area contributed by atoms with Crippen molar-refractivity contribution in [2.45, 2.75) is 25.9 Å². The molecule has 42 heavy (non-hydrogen) atoms. The molecule has 10 heteroatoms. The predicted molar refractivity (Wildman–Crippen MR) is 169 cm³/mol. The van der Waals surface area contributed by atoms with E-state index in [9.17, 15) is 19.2 Å². The molecular weight excluding hydrogens is 575 g/mol. The van der Waals surface area contributed by atoms with E-state index in [1.54, 1.807) is 44.4 Å². The highest BCUT2D eigenvalue weighted by atomic mass is 35.5. The molecule has 8 nitrogen and oxygen atoms in total. The largest absolute Gasteiger partial charge is 0.399 e. The first-order valence-corrected chi connectivity index (χ1v) is 12.5. The zero-order valence-corrected chi connectivity index (χ0v) is 24.9. The molecule has 0 radical (unpaired) electrons. The SMILES string of the molecule is CN(Cc1ccc(N)cc1)C(=O)CC#CC(=O)c1cccc(C(=O)C#CCC(=O)N(C)Cc2ccc(N)cc2)c1.Cl.Cl. The second-order valence-electron chi connectivity index (χ2n) is 9.18. The Balaban J connectivity index is 0.00000441. The summed E-state index contributed by atoms with van der Waals surface area (Å²) in [5, 5.41) is 0. The summed E-state index contributed by atoms with van der Waals surface area (Å²) in [6, 6.07) is 20.4. The number of benzene rings is 3. The van der Waals surface area contributed by atoms with E-state index in [0.717, 1.165) is 11.1 Å². The molecule has 0 aliphatic heterocycles. The lowest BCUT2D eigenvalue weighted by atomic mass is 10.0. The van der Waals surface area contributed by atoms with Gasteiger partial charge in [0.1, 0.15) is 0 Å². The van der Waals surface area contributed by atoms with Gasteiger partial charge in [-0.3, -0.25) is 19.2 Å². The second-order valence-corrected chi connectivity index (χ2v) is 9.18. The quantitative estimate of drug-likeness (QED) is 0.171. The number of amides is 2. The van der Waals surface area contributed by atoms with Crippen LogP contribution in [0, 0.1) is 23.7 Å². The first kappa shape index (κ1) is 35.3. The zero-order chi connectivity index (χ0) is 29.1. The van der Waals surface area contributed by atoms with Crippen molar-refractivity contribution < 1.29 is 19.2 Å². The van der Waals surface area contributed by atoms with Gasteiger partial charge in [0.25, 0.3) is 0 Å². The molecule has 0 atom stereocenters. The third-order valence-corrected chi connectivity index (χ3v) is 5.92. The number of rotatable bonds is 8. The minimum absolute atomic E-state index is 0. The second kappa shape index (κ2) is 17.1. The van der Waals surface area contributed by atoms with Crippen LogP contribution in [-0.4, -0.2) is 47.3 Å². The van der Waals surface area contributed by atoms with Crippen LogP contribution < -0.4 is 11.5 Å². The summed E-state index contributed by atoms with van der Waals surface area (Å²) in [7, 11) is 3.31. The molecule has 3 aromatic rings. The van der Waals surface area contributed by atoms with Gasteiger partial charge in [0.15, 0.2) is 0 Å². The van der Waals surface area contributed by atoms with Crippen molar-refractivity contribution in [3.63, 3.8) is 0 Å². The minimum atomic E-state index is -0.518. The molecule has 0 saturated heterocycles. The highest BCUT2D eigenvalue weighted by molar-refractivity contribution is 6.13.